The van der Waals surface area contributed by atoms with Crippen LogP contribution in [-0.4, -0.2) is 56.2 Å². The Hall–Kier alpha value is -2.87. The number of aromatic nitrogens is 1. The molecule has 28 heavy (non-hydrogen) atoms. The van der Waals surface area contributed by atoms with E-state index in [0.29, 0.717) is 48.8 Å². The lowest BCUT2D eigenvalue weighted by atomic mass is 10.1. The van der Waals surface area contributed by atoms with Crippen LogP contribution in [-0.2, 0) is 0 Å². The fraction of sp³-hybridized carbons (Fsp3) is 0.300. The number of thiazole rings is 1. The molecule has 146 valence electrons. The highest BCUT2D eigenvalue weighted by molar-refractivity contribution is 7.22. The lowest BCUT2D eigenvalue weighted by molar-refractivity contribution is 0.0742. The minimum absolute atomic E-state index is 0.0919. The summed E-state index contributed by atoms with van der Waals surface area (Å²) in [6, 6.07) is 10.3. The van der Waals surface area contributed by atoms with Crippen molar-refractivity contribution < 1.29 is 18.7 Å². The SMILES string of the molecule is COc1cccc(C(=O)N2CCN(c3nc4c(F)cccc4s3)CC2)c1OC. The van der Waals surface area contributed by atoms with Crippen LogP contribution in [0, 0.1) is 5.82 Å². The van der Waals surface area contributed by atoms with E-state index in [2.05, 4.69) is 9.88 Å². The van der Waals surface area contributed by atoms with Crippen molar-refractivity contribution in [2.75, 3.05) is 45.3 Å². The van der Waals surface area contributed by atoms with E-state index in [-0.39, 0.29) is 11.7 Å². The first-order valence-corrected chi connectivity index (χ1v) is 9.74. The fourth-order valence-corrected chi connectivity index (χ4v) is 4.40. The van der Waals surface area contributed by atoms with E-state index in [9.17, 15) is 9.18 Å². The summed E-state index contributed by atoms with van der Waals surface area (Å²) >= 11 is 1.47. The second kappa shape index (κ2) is 7.63. The molecule has 0 spiro atoms. The average molecular weight is 401 g/mol. The van der Waals surface area contributed by atoms with Gasteiger partial charge in [-0.3, -0.25) is 4.79 Å². The van der Waals surface area contributed by atoms with Gasteiger partial charge in [0, 0.05) is 26.2 Å². The van der Waals surface area contributed by atoms with Gasteiger partial charge in [0.1, 0.15) is 11.3 Å². The fourth-order valence-electron chi connectivity index (χ4n) is 3.37. The van der Waals surface area contributed by atoms with Gasteiger partial charge in [-0.05, 0) is 24.3 Å². The van der Waals surface area contributed by atoms with E-state index in [1.807, 2.05) is 6.07 Å². The largest absolute Gasteiger partial charge is 0.493 e. The molecule has 2 aromatic carbocycles. The molecule has 8 heteroatoms. The van der Waals surface area contributed by atoms with Gasteiger partial charge in [0.25, 0.3) is 5.91 Å². The second-order valence-corrected chi connectivity index (χ2v) is 7.41. The Morgan fingerprint density at radius 2 is 1.82 bits per heavy atom. The number of ether oxygens (including phenoxy) is 2. The summed E-state index contributed by atoms with van der Waals surface area (Å²) in [5.74, 6) is 0.576. The number of nitrogens with zero attached hydrogens (tertiary/aromatic N) is 3. The quantitative estimate of drug-likeness (QED) is 0.671. The zero-order valence-corrected chi connectivity index (χ0v) is 16.5. The molecule has 1 amide bonds. The summed E-state index contributed by atoms with van der Waals surface area (Å²) in [4.78, 5) is 21.3. The molecule has 1 saturated heterocycles. The van der Waals surface area contributed by atoms with Gasteiger partial charge in [-0.15, -0.1) is 0 Å². The Morgan fingerprint density at radius 3 is 2.50 bits per heavy atom. The maximum Gasteiger partial charge on any atom is 0.257 e. The highest BCUT2D eigenvalue weighted by Gasteiger charge is 2.27. The molecular formula is C20H20FN3O3S. The Morgan fingerprint density at radius 1 is 1.07 bits per heavy atom. The molecule has 1 fully saturated rings. The topological polar surface area (TPSA) is 54.9 Å². The van der Waals surface area contributed by atoms with Crippen LogP contribution in [0.15, 0.2) is 36.4 Å². The van der Waals surface area contributed by atoms with Crippen LogP contribution in [0.1, 0.15) is 10.4 Å². The highest BCUT2D eigenvalue weighted by atomic mass is 32.1. The predicted octanol–water partition coefficient (Wildman–Crippen LogP) is 3.42. The summed E-state index contributed by atoms with van der Waals surface area (Å²) in [7, 11) is 3.07. The number of carbonyl (C=O) groups excluding carboxylic acids is 1. The first-order valence-electron chi connectivity index (χ1n) is 8.92. The first kappa shape index (κ1) is 18.5. The summed E-state index contributed by atoms with van der Waals surface area (Å²) in [5, 5.41) is 0.783. The number of hydrogen-bond donors (Lipinski definition) is 0. The number of benzene rings is 2. The van der Waals surface area contributed by atoms with Crippen molar-refractivity contribution >= 4 is 32.6 Å². The number of carbonyl (C=O) groups is 1. The third-order valence-corrected chi connectivity index (χ3v) is 5.91. The number of amides is 1. The van der Waals surface area contributed by atoms with Crippen LogP contribution in [0.3, 0.4) is 0 Å². The number of methoxy groups -OCH3 is 2. The van der Waals surface area contributed by atoms with Gasteiger partial charge in [-0.1, -0.05) is 23.5 Å². The van der Waals surface area contributed by atoms with E-state index in [0.717, 1.165) is 9.83 Å². The molecular weight excluding hydrogens is 381 g/mol. The van der Waals surface area contributed by atoms with Crippen molar-refractivity contribution in [1.29, 1.82) is 0 Å². The van der Waals surface area contributed by atoms with Crippen molar-refractivity contribution in [2.24, 2.45) is 0 Å². The Bertz CT molecular complexity index is 1020. The second-order valence-electron chi connectivity index (χ2n) is 6.40. The van der Waals surface area contributed by atoms with Gasteiger partial charge in [0.05, 0.1) is 24.5 Å². The monoisotopic (exact) mass is 401 g/mol. The van der Waals surface area contributed by atoms with Gasteiger partial charge < -0.3 is 19.3 Å². The summed E-state index contributed by atoms with van der Waals surface area (Å²) in [5.41, 5.74) is 0.888. The van der Waals surface area contributed by atoms with E-state index in [1.54, 1.807) is 36.3 Å². The maximum atomic E-state index is 13.9. The number of anilines is 1. The van der Waals surface area contributed by atoms with Gasteiger partial charge >= 0.3 is 0 Å². The van der Waals surface area contributed by atoms with Crippen molar-refractivity contribution in [3.05, 3.63) is 47.8 Å². The van der Waals surface area contributed by atoms with E-state index in [1.165, 1.54) is 24.5 Å². The Balaban J connectivity index is 1.49. The molecule has 0 unspecified atom stereocenters. The summed E-state index contributed by atoms with van der Waals surface area (Å²) in [6.45, 7) is 2.38. The molecule has 1 aliphatic heterocycles. The third-order valence-electron chi connectivity index (χ3n) is 4.83. The summed E-state index contributed by atoms with van der Waals surface area (Å²) < 4.78 is 25.4. The van der Waals surface area contributed by atoms with Crippen LogP contribution in [0.25, 0.3) is 10.2 Å². The zero-order chi connectivity index (χ0) is 19.7. The number of hydrogen-bond acceptors (Lipinski definition) is 6. The van der Waals surface area contributed by atoms with Gasteiger partial charge in [-0.25, -0.2) is 9.37 Å². The van der Waals surface area contributed by atoms with Gasteiger partial charge in [0.2, 0.25) is 0 Å². The molecule has 0 N–H and O–H groups in total. The standard InChI is InChI=1S/C20H20FN3O3S/c1-26-15-7-3-5-13(18(15)27-2)19(25)23-9-11-24(12-10-23)20-22-17-14(21)6-4-8-16(17)28-20/h3-8H,9-12H2,1-2H3. The van der Waals surface area contributed by atoms with Crippen molar-refractivity contribution in [1.82, 2.24) is 9.88 Å². The summed E-state index contributed by atoms with van der Waals surface area (Å²) in [6.07, 6.45) is 0. The van der Waals surface area contributed by atoms with E-state index in [4.69, 9.17) is 9.47 Å². The van der Waals surface area contributed by atoms with Gasteiger partial charge in [0.15, 0.2) is 16.6 Å². The van der Waals surface area contributed by atoms with Crippen molar-refractivity contribution in [2.45, 2.75) is 0 Å². The molecule has 2 heterocycles. The van der Waals surface area contributed by atoms with E-state index >= 15 is 0 Å². The van der Waals surface area contributed by atoms with Crippen LogP contribution in [0.5, 0.6) is 11.5 Å². The number of para-hydroxylation sites is 2. The normalized spacial score (nSPS) is 14.4. The lowest BCUT2D eigenvalue weighted by Gasteiger charge is -2.34. The minimum atomic E-state index is -0.307. The van der Waals surface area contributed by atoms with Crippen LogP contribution in [0.2, 0.25) is 0 Å². The molecule has 1 aliphatic rings. The zero-order valence-electron chi connectivity index (χ0n) is 15.6. The van der Waals surface area contributed by atoms with Crippen LogP contribution in [0.4, 0.5) is 9.52 Å². The van der Waals surface area contributed by atoms with Gasteiger partial charge in [-0.2, -0.15) is 0 Å². The highest BCUT2D eigenvalue weighted by Crippen LogP contribution is 2.33. The maximum absolute atomic E-state index is 13.9. The molecule has 1 aromatic heterocycles. The number of halogens is 1. The molecule has 0 radical (unpaired) electrons. The average Bonchev–Trinajstić information content (AvgIpc) is 3.18. The molecule has 0 bridgehead atoms. The molecule has 4 rings (SSSR count). The number of rotatable bonds is 4. The van der Waals surface area contributed by atoms with Crippen LogP contribution < -0.4 is 14.4 Å². The Kier molecular flexibility index (Phi) is 5.04. The van der Waals surface area contributed by atoms with Crippen LogP contribution >= 0.6 is 11.3 Å². The number of piperazine rings is 1. The molecule has 3 aromatic rings. The Labute approximate surface area is 166 Å². The first-order chi connectivity index (χ1) is 13.6. The lowest BCUT2D eigenvalue weighted by Crippen LogP contribution is -2.48. The molecule has 0 saturated carbocycles. The smallest absolute Gasteiger partial charge is 0.257 e. The molecule has 6 nitrogen and oxygen atoms in total. The third kappa shape index (κ3) is 3.24. The molecule has 0 aliphatic carbocycles. The van der Waals surface area contributed by atoms with Crippen molar-refractivity contribution in [3.63, 3.8) is 0 Å². The predicted molar refractivity (Wildman–Crippen MR) is 107 cm³/mol. The minimum Gasteiger partial charge on any atom is -0.493 e. The van der Waals surface area contributed by atoms with Crippen molar-refractivity contribution in [3.8, 4) is 11.5 Å². The van der Waals surface area contributed by atoms with E-state index < -0.39 is 0 Å². The molecule has 0 atom stereocenters. The number of fused-ring (bicyclic) bond motifs is 1.